The zero-order valence-electron chi connectivity index (χ0n) is 17.1. The fraction of sp³-hybridized carbons (Fsp3) is 0.650. The van der Waals surface area contributed by atoms with Gasteiger partial charge in [0.1, 0.15) is 6.54 Å². The third-order valence-electron chi connectivity index (χ3n) is 5.18. The molecule has 28 heavy (non-hydrogen) atoms. The number of guanidine groups is 1. The molecule has 2 aromatic heterocycles. The molecule has 156 valence electrons. The van der Waals surface area contributed by atoms with Crippen LogP contribution in [0.5, 0.6) is 0 Å². The molecule has 0 radical (unpaired) electrons. The summed E-state index contributed by atoms with van der Waals surface area (Å²) in [6.07, 6.45) is 7.07. The predicted octanol–water partition coefficient (Wildman–Crippen LogP) is 2.91. The molecule has 1 fully saturated rings. The molecule has 7 nitrogen and oxygen atoms in total. The summed E-state index contributed by atoms with van der Waals surface area (Å²) in [6.45, 7) is 10.5. The number of nitrogens with one attached hydrogen (secondary N) is 2. The second kappa shape index (κ2) is 12.2. The molecular weight excluding hydrogens is 465 g/mol. The summed E-state index contributed by atoms with van der Waals surface area (Å²) in [5, 5.41) is 15.2. The number of piperidine rings is 1. The Morgan fingerprint density at radius 1 is 1.18 bits per heavy atom. The highest BCUT2D eigenvalue weighted by Crippen LogP contribution is 2.16. The van der Waals surface area contributed by atoms with E-state index in [1.165, 1.54) is 38.9 Å². The first-order valence-electron chi connectivity index (χ1n) is 10.3. The van der Waals surface area contributed by atoms with Crippen LogP contribution in [-0.2, 0) is 6.54 Å². The molecule has 2 N–H and O–H groups in total. The Morgan fingerprint density at radius 2 is 2.00 bits per heavy atom. The van der Waals surface area contributed by atoms with Crippen molar-refractivity contribution in [2.45, 2.75) is 46.1 Å². The third kappa shape index (κ3) is 6.88. The monoisotopic (exact) mass is 499 g/mol. The lowest BCUT2D eigenvalue weighted by Gasteiger charge is -2.30. The second-order valence-corrected chi connectivity index (χ2v) is 7.40. The maximum atomic E-state index is 4.66. The van der Waals surface area contributed by atoms with E-state index in [0.717, 1.165) is 42.9 Å². The SMILES string of the molecule is CCNC(=NCc1nnc2ccccn12)NCCCCN1CCC(C)CC1.I. The Bertz CT molecular complexity index is 722. The molecule has 0 atom stereocenters. The van der Waals surface area contributed by atoms with Crippen LogP contribution in [0.3, 0.4) is 0 Å². The number of aromatic nitrogens is 3. The summed E-state index contributed by atoms with van der Waals surface area (Å²) in [5.41, 5.74) is 0.854. The molecule has 1 aliphatic heterocycles. The highest BCUT2D eigenvalue weighted by molar-refractivity contribution is 14.0. The molecule has 0 amide bonds. The average molecular weight is 499 g/mol. The van der Waals surface area contributed by atoms with Gasteiger partial charge >= 0.3 is 0 Å². The number of halogens is 1. The van der Waals surface area contributed by atoms with Crippen LogP contribution in [-0.4, -0.2) is 58.2 Å². The predicted molar refractivity (Wildman–Crippen MR) is 125 cm³/mol. The van der Waals surface area contributed by atoms with Crippen molar-refractivity contribution in [1.29, 1.82) is 0 Å². The maximum Gasteiger partial charge on any atom is 0.191 e. The number of fused-ring (bicyclic) bond motifs is 1. The first kappa shape index (κ1) is 22.9. The van der Waals surface area contributed by atoms with E-state index in [-0.39, 0.29) is 24.0 Å². The maximum absolute atomic E-state index is 4.66. The van der Waals surface area contributed by atoms with E-state index >= 15 is 0 Å². The Morgan fingerprint density at radius 3 is 2.79 bits per heavy atom. The number of unbranched alkanes of at least 4 members (excludes halogenated alkanes) is 1. The van der Waals surface area contributed by atoms with E-state index in [4.69, 9.17) is 0 Å². The molecule has 2 aromatic rings. The number of hydrogen-bond donors (Lipinski definition) is 2. The normalized spacial score (nSPS) is 16.1. The van der Waals surface area contributed by atoms with Gasteiger partial charge in [0, 0.05) is 19.3 Å². The first-order valence-corrected chi connectivity index (χ1v) is 10.3. The quantitative estimate of drug-likeness (QED) is 0.253. The zero-order valence-corrected chi connectivity index (χ0v) is 19.4. The van der Waals surface area contributed by atoms with Gasteiger partial charge in [-0.1, -0.05) is 13.0 Å². The van der Waals surface area contributed by atoms with Crippen molar-refractivity contribution < 1.29 is 0 Å². The van der Waals surface area contributed by atoms with E-state index in [2.05, 4.69) is 44.6 Å². The van der Waals surface area contributed by atoms with Gasteiger partial charge in [0.15, 0.2) is 17.4 Å². The van der Waals surface area contributed by atoms with Gasteiger partial charge in [-0.25, -0.2) is 4.99 Å². The summed E-state index contributed by atoms with van der Waals surface area (Å²) in [5.74, 6) is 2.60. The minimum atomic E-state index is 0. The number of rotatable bonds is 8. The van der Waals surface area contributed by atoms with Crippen LogP contribution in [0.2, 0.25) is 0 Å². The van der Waals surface area contributed by atoms with Crippen molar-refractivity contribution in [3.05, 3.63) is 30.2 Å². The second-order valence-electron chi connectivity index (χ2n) is 7.40. The van der Waals surface area contributed by atoms with Crippen LogP contribution in [0, 0.1) is 5.92 Å². The van der Waals surface area contributed by atoms with Crippen LogP contribution >= 0.6 is 24.0 Å². The molecule has 0 aliphatic carbocycles. The highest BCUT2D eigenvalue weighted by atomic mass is 127. The molecule has 1 aliphatic rings. The van der Waals surface area contributed by atoms with Crippen molar-refractivity contribution in [1.82, 2.24) is 30.1 Å². The molecule has 3 heterocycles. The van der Waals surface area contributed by atoms with Crippen LogP contribution in [0.4, 0.5) is 0 Å². The lowest BCUT2D eigenvalue weighted by atomic mass is 9.99. The van der Waals surface area contributed by atoms with E-state index in [1.54, 1.807) is 0 Å². The number of nitrogens with zero attached hydrogens (tertiary/aromatic N) is 5. The van der Waals surface area contributed by atoms with Gasteiger partial charge in [-0.3, -0.25) is 4.40 Å². The average Bonchev–Trinajstić information content (AvgIpc) is 3.10. The molecule has 3 rings (SSSR count). The minimum Gasteiger partial charge on any atom is -0.357 e. The van der Waals surface area contributed by atoms with Crippen molar-refractivity contribution in [2.75, 3.05) is 32.7 Å². The molecule has 0 spiro atoms. The Labute approximate surface area is 185 Å². The molecular formula is C20H34IN7. The summed E-state index contributed by atoms with van der Waals surface area (Å²) < 4.78 is 1.98. The van der Waals surface area contributed by atoms with Gasteiger partial charge in [0.05, 0.1) is 0 Å². The fourth-order valence-electron chi connectivity index (χ4n) is 3.44. The Kier molecular flexibility index (Phi) is 9.97. The lowest BCUT2D eigenvalue weighted by Crippen LogP contribution is -2.38. The first-order chi connectivity index (χ1) is 13.3. The summed E-state index contributed by atoms with van der Waals surface area (Å²) in [7, 11) is 0. The van der Waals surface area contributed by atoms with Gasteiger partial charge < -0.3 is 15.5 Å². The topological polar surface area (TPSA) is 69.8 Å². The van der Waals surface area contributed by atoms with Crippen molar-refractivity contribution in [3.63, 3.8) is 0 Å². The van der Waals surface area contributed by atoms with E-state index in [0.29, 0.717) is 6.54 Å². The Balaban J connectivity index is 0.00000280. The molecule has 8 heteroatoms. The number of likely N-dealkylation sites (tertiary alicyclic amines) is 1. The molecule has 0 saturated carbocycles. The zero-order chi connectivity index (χ0) is 18.9. The highest BCUT2D eigenvalue weighted by Gasteiger charge is 2.14. The van der Waals surface area contributed by atoms with Crippen LogP contribution < -0.4 is 10.6 Å². The van der Waals surface area contributed by atoms with Crippen molar-refractivity contribution in [3.8, 4) is 0 Å². The van der Waals surface area contributed by atoms with Gasteiger partial charge in [0.2, 0.25) is 0 Å². The molecule has 1 saturated heterocycles. The third-order valence-corrected chi connectivity index (χ3v) is 5.18. The van der Waals surface area contributed by atoms with Gasteiger partial charge in [-0.15, -0.1) is 34.2 Å². The number of pyridine rings is 1. The lowest BCUT2D eigenvalue weighted by molar-refractivity contribution is 0.189. The standard InChI is InChI=1S/C20H33N7.HI/c1-3-21-20(22-11-5-7-12-26-14-9-17(2)10-15-26)23-16-19-25-24-18-8-4-6-13-27(18)19;/h4,6,8,13,17H,3,5,7,9-12,14-16H2,1-2H3,(H2,21,22,23);1H. The minimum absolute atomic E-state index is 0. The smallest absolute Gasteiger partial charge is 0.191 e. The van der Waals surface area contributed by atoms with Crippen LogP contribution in [0.1, 0.15) is 45.4 Å². The van der Waals surface area contributed by atoms with E-state index < -0.39 is 0 Å². The summed E-state index contributed by atoms with van der Waals surface area (Å²) in [6, 6.07) is 5.90. The Hall–Kier alpha value is -1.42. The fourth-order valence-corrected chi connectivity index (χ4v) is 3.44. The van der Waals surface area contributed by atoms with E-state index in [1.807, 2.05) is 28.8 Å². The van der Waals surface area contributed by atoms with Crippen molar-refractivity contribution >= 4 is 35.6 Å². The number of hydrogen-bond acceptors (Lipinski definition) is 4. The van der Waals surface area contributed by atoms with Crippen molar-refractivity contribution in [2.24, 2.45) is 10.9 Å². The number of aliphatic imine (C=N–C) groups is 1. The molecule has 0 bridgehead atoms. The summed E-state index contributed by atoms with van der Waals surface area (Å²) >= 11 is 0. The van der Waals surface area contributed by atoms with Gasteiger partial charge in [-0.2, -0.15) is 0 Å². The molecule has 0 aromatic carbocycles. The summed E-state index contributed by atoms with van der Waals surface area (Å²) in [4.78, 5) is 7.27. The van der Waals surface area contributed by atoms with Crippen LogP contribution in [0.15, 0.2) is 29.4 Å². The van der Waals surface area contributed by atoms with E-state index in [9.17, 15) is 0 Å². The van der Waals surface area contributed by atoms with Crippen LogP contribution in [0.25, 0.3) is 5.65 Å². The van der Waals surface area contributed by atoms with Gasteiger partial charge in [0.25, 0.3) is 0 Å². The molecule has 0 unspecified atom stereocenters. The van der Waals surface area contributed by atoms with Gasteiger partial charge in [-0.05, 0) is 70.3 Å². The largest absolute Gasteiger partial charge is 0.357 e.